The van der Waals surface area contributed by atoms with Crippen LogP contribution in [0.4, 0.5) is 17.1 Å². The zero-order valence-corrected chi connectivity index (χ0v) is 21.9. The summed E-state index contributed by atoms with van der Waals surface area (Å²) in [7, 11) is 0. The molecule has 0 spiro atoms. The Hall–Kier alpha value is -1.93. The second-order valence-corrected chi connectivity index (χ2v) is 10.4. The van der Waals surface area contributed by atoms with Gasteiger partial charge in [0.1, 0.15) is 6.17 Å². The summed E-state index contributed by atoms with van der Waals surface area (Å²) in [6, 6.07) is 13.3. The SMILES string of the molecule is CCCCCC(=O)NC(NC(=S)Nc1ccc(N=Nc2ccccc2C)cc1C)C(Cl)(Cl)Cl. The summed E-state index contributed by atoms with van der Waals surface area (Å²) >= 11 is 23.5. The highest BCUT2D eigenvalue weighted by Crippen LogP contribution is 2.30. The normalized spacial score (nSPS) is 12.4. The van der Waals surface area contributed by atoms with Crippen molar-refractivity contribution in [2.45, 2.75) is 56.4 Å². The summed E-state index contributed by atoms with van der Waals surface area (Å²) in [5.74, 6) is -0.213. The molecule has 1 atom stereocenters. The van der Waals surface area contributed by atoms with Crippen molar-refractivity contribution in [3.8, 4) is 0 Å². The minimum Gasteiger partial charge on any atom is -0.339 e. The fraction of sp³-hybridized carbons (Fsp3) is 0.391. The number of rotatable bonds is 9. The van der Waals surface area contributed by atoms with Crippen LogP contribution in [0.1, 0.15) is 43.7 Å². The molecule has 2 aromatic carbocycles. The summed E-state index contributed by atoms with van der Waals surface area (Å²) in [4.78, 5) is 12.2. The number of unbranched alkanes of at least 4 members (excludes halogenated alkanes) is 2. The number of alkyl halides is 3. The molecule has 178 valence electrons. The summed E-state index contributed by atoms with van der Waals surface area (Å²) in [6.45, 7) is 5.97. The van der Waals surface area contributed by atoms with E-state index < -0.39 is 9.96 Å². The molecule has 10 heteroatoms. The number of nitrogens with one attached hydrogen (secondary N) is 3. The van der Waals surface area contributed by atoms with Crippen LogP contribution in [0.3, 0.4) is 0 Å². The number of carbonyl (C=O) groups excluding carboxylic acids is 1. The first-order chi connectivity index (χ1) is 15.6. The van der Waals surface area contributed by atoms with Crippen LogP contribution in [0.5, 0.6) is 0 Å². The van der Waals surface area contributed by atoms with Gasteiger partial charge in [0.05, 0.1) is 11.4 Å². The van der Waals surface area contributed by atoms with Gasteiger partial charge in [0, 0.05) is 12.1 Å². The highest BCUT2D eigenvalue weighted by Gasteiger charge is 2.34. The predicted molar refractivity (Wildman–Crippen MR) is 142 cm³/mol. The van der Waals surface area contributed by atoms with Gasteiger partial charge in [-0.3, -0.25) is 4.79 Å². The van der Waals surface area contributed by atoms with Crippen LogP contribution >= 0.6 is 47.0 Å². The van der Waals surface area contributed by atoms with Gasteiger partial charge in [0.25, 0.3) is 0 Å². The molecule has 0 aliphatic rings. The second kappa shape index (κ2) is 13.1. The molecule has 0 saturated heterocycles. The Bertz CT molecular complexity index is 994. The van der Waals surface area contributed by atoms with Gasteiger partial charge in [-0.2, -0.15) is 10.2 Å². The Morgan fingerprint density at radius 2 is 1.76 bits per heavy atom. The summed E-state index contributed by atoms with van der Waals surface area (Å²) < 4.78 is -1.79. The predicted octanol–water partition coefficient (Wildman–Crippen LogP) is 7.40. The summed E-state index contributed by atoms with van der Waals surface area (Å²) in [6.07, 6.45) is 2.10. The van der Waals surface area contributed by atoms with E-state index >= 15 is 0 Å². The first-order valence-corrected chi connectivity index (χ1v) is 12.2. The quantitative estimate of drug-likeness (QED) is 0.104. The highest BCUT2D eigenvalue weighted by atomic mass is 35.6. The number of amides is 1. The fourth-order valence-electron chi connectivity index (χ4n) is 2.90. The van der Waals surface area contributed by atoms with E-state index in [4.69, 9.17) is 47.0 Å². The molecule has 1 unspecified atom stereocenters. The molecule has 0 aliphatic heterocycles. The van der Waals surface area contributed by atoms with Crippen molar-refractivity contribution in [1.29, 1.82) is 0 Å². The minimum atomic E-state index is -1.79. The van der Waals surface area contributed by atoms with Crippen LogP contribution in [-0.2, 0) is 4.79 Å². The Labute approximate surface area is 215 Å². The van der Waals surface area contributed by atoms with E-state index in [-0.39, 0.29) is 11.0 Å². The average molecular weight is 529 g/mol. The van der Waals surface area contributed by atoms with Crippen LogP contribution in [0, 0.1) is 13.8 Å². The molecule has 0 heterocycles. The van der Waals surface area contributed by atoms with Crippen LogP contribution in [0.2, 0.25) is 0 Å². The lowest BCUT2D eigenvalue weighted by atomic mass is 10.2. The van der Waals surface area contributed by atoms with E-state index in [1.54, 1.807) is 0 Å². The number of carbonyl (C=O) groups is 1. The van der Waals surface area contributed by atoms with Gasteiger partial charge in [-0.25, -0.2) is 0 Å². The molecule has 2 aromatic rings. The maximum atomic E-state index is 12.2. The molecule has 0 aliphatic carbocycles. The second-order valence-electron chi connectivity index (χ2n) is 7.58. The highest BCUT2D eigenvalue weighted by molar-refractivity contribution is 7.80. The van der Waals surface area contributed by atoms with Gasteiger partial charge in [-0.1, -0.05) is 72.8 Å². The third-order valence-electron chi connectivity index (χ3n) is 4.76. The Morgan fingerprint density at radius 3 is 2.39 bits per heavy atom. The number of hydrogen-bond donors (Lipinski definition) is 3. The first kappa shape index (κ1) is 27.3. The topological polar surface area (TPSA) is 77.9 Å². The molecule has 0 radical (unpaired) electrons. The van der Waals surface area contributed by atoms with Crippen LogP contribution in [0.25, 0.3) is 0 Å². The van der Waals surface area contributed by atoms with E-state index in [0.29, 0.717) is 12.1 Å². The lowest BCUT2D eigenvalue weighted by Crippen LogP contribution is -2.56. The van der Waals surface area contributed by atoms with Crippen molar-refractivity contribution in [2.24, 2.45) is 10.2 Å². The molecule has 0 saturated carbocycles. The van der Waals surface area contributed by atoms with Gasteiger partial charge in [0.2, 0.25) is 9.70 Å². The largest absolute Gasteiger partial charge is 0.339 e. The molecule has 0 bridgehead atoms. The first-order valence-electron chi connectivity index (χ1n) is 10.6. The van der Waals surface area contributed by atoms with Crippen LogP contribution in [-0.4, -0.2) is 21.0 Å². The number of aryl methyl sites for hydroxylation is 2. The molecule has 2 rings (SSSR count). The number of anilines is 1. The maximum absolute atomic E-state index is 12.2. The monoisotopic (exact) mass is 527 g/mol. The van der Waals surface area contributed by atoms with Gasteiger partial charge in [0.15, 0.2) is 5.11 Å². The van der Waals surface area contributed by atoms with Gasteiger partial charge in [-0.05, 0) is 67.9 Å². The van der Waals surface area contributed by atoms with Crippen molar-refractivity contribution >= 4 is 75.1 Å². The molecule has 1 amide bonds. The zero-order chi connectivity index (χ0) is 24.4. The minimum absolute atomic E-state index is 0.206. The lowest BCUT2D eigenvalue weighted by molar-refractivity contribution is -0.122. The number of benzene rings is 2. The van der Waals surface area contributed by atoms with E-state index in [1.165, 1.54) is 0 Å². The number of halogens is 3. The summed E-state index contributed by atoms with van der Waals surface area (Å²) in [5.41, 5.74) is 4.22. The van der Waals surface area contributed by atoms with Crippen LogP contribution < -0.4 is 16.0 Å². The molecule has 33 heavy (non-hydrogen) atoms. The van der Waals surface area contributed by atoms with Gasteiger partial charge >= 0.3 is 0 Å². The van der Waals surface area contributed by atoms with E-state index in [9.17, 15) is 4.79 Å². The van der Waals surface area contributed by atoms with Crippen molar-refractivity contribution in [3.63, 3.8) is 0 Å². The Kier molecular flexibility index (Phi) is 10.8. The van der Waals surface area contributed by atoms with Gasteiger partial charge < -0.3 is 16.0 Å². The average Bonchev–Trinajstić information content (AvgIpc) is 2.74. The van der Waals surface area contributed by atoms with Crippen molar-refractivity contribution in [1.82, 2.24) is 10.6 Å². The smallest absolute Gasteiger partial charge is 0.228 e. The van der Waals surface area contributed by atoms with E-state index in [2.05, 4.69) is 33.1 Å². The van der Waals surface area contributed by atoms with Crippen molar-refractivity contribution in [3.05, 3.63) is 53.6 Å². The molecule has 6 nitrogen and oxygen atoms in total. The third kappa shape index (κ3) is 9.45. The molecule has 0 aromatic heterocycles. The maximum Gasteiger partial charge on any atom is 0.228 e. The molecular formula is C23H28Cl3N5OS. The fourth-order valence-corrected chi connectivity index (χ4v) is 3.45. The van der Waals surface area contributed by atoms with Crippen molar-refractivity contribution in [2.75, 3.05) is 5.32 Å². The Morgan fingerprint density at radius 1 is 1.03 bits per heavy atom. The lowest BCUT2D eigenvalue weighted by Gasteiger charge is -2.28. The number of hydrogen-bond acceptors (Lipinski definition) is 4. The van der Waals surface area contributed by atoms with E-state index in [0.717, 1.165) is 41.8 Å². The molecule has 0 fully saturated rings. The zero-order valence-electron chi connectivity index (χ0n) is 18.8. The number of nitrogens with zero attached hydrogens (tertiary/aromatic N) is 2. The van der Waals surface area contributed by atoms with Gasteiger partial charge in [-0.15, -0.1) is 0 Å². The Balaban J connectivity index is 2.01. The van der Waals surface area contributed by atoms with Crippen molar-refractivity contribution < 1.29 is 4.79 Å². The van der Waals surface area contributed by atoms with E-state index in [1.807, 2.05) is 56.3 Å². The standard InChI is InChI=1S/C23H28Cl3N5OS/c1-4-5-6-11-20(32)28-21(23(24,25)26)29-22(33)27-18-13-12-17(14-16(18)3)30-31-19-10-8-7-9-15(19)2/h7-10,12-14,21H,4-6,11H2,1-3H3,(H,28,32)(H2,27,29,33). The number of thiocarbonyl (C=S) groups is 1. The molecule has 3 N–H and O–H groups in total. The molecular weight excluding hydrogens is 501 g/mol. The van der Waals surface area contributed by atoms with Crippen LogP contribution in [0.15, 0.2) is 52.7 Å². The summed E-state index contributed by atoms with van der Waals surface area (Å²) in [5, 5.41) is 17.5. The number of azo groups is 1. The third-order valence-corrected chi connectivity index (χ3v) is 5.64.